The predicted molar refractivity (Wildman–Crippen MR) is 63.6 cm³/mol. The van der Waals surface area contributed by atoms with Crippen molar-refractivity contribution >= 4 is 6.29 Å². The Morgan fingerprint density at radius 1 is 1.12 bits per heavy atom. The topological polar surface area (TPSA) is 30.0 Å². The lowest BCUT2D eigenvalue weighted by Gasteiger charge is -2.11. The molecule has 0 fully saturated rings. The van der Waals surface area contributed by atoms with Crippen molar-refractivity contribution in [2.24, 2.45) is 0 Å². The largest absolute Gasteiger partial charge is 0.298 e. The molecule has 2 nitrogen and oxygen atoms in total. The molecule has 0 radical (unpaired) electrons. The van der Waals surface area contributed by atoms with Gasteiger partial charge >= 0.3 is 0 Å². The second-order valence-corrected chi connectivity index (χ2v) is 3.79. The van der Waals surface area contributed by atoms with Crippen molar-refractivity contribution in [1.82, 2.24) is 4.98 Å². The van der Waals surface area contributed by atoms with Gasteiger partial charge < -0.3 is 0 Å². The summed E-state index contributed by atoms with van der Waals surface area (Å²) in [5.74, 6) is 0.300. The van der Waals surface area contributed by atoms with Crippen LogP contribution in [0.3, 0.4) is 0 Å². The molecule has 2 rings (SSSR count). The Morgan fingerprint density at radius 2 is 1.88 bits per heavy atom. The third kappa shape index (κ3) is 2.16. The van der Waals surface area contributed by atoms with Crippen molar-refractivity contribution in [1.29, 1.82) is 0 Å². The molecule has 0 aliphatic rings. The molecule has 1 heterocycles. The number of pyridine rings is 1. The number of benzene rings is 1. The second-order valence-electron chi connectivity index (χ2n) is 3.79. The Balaban J connectivity index is 2.27. The third-order valence-corrected chi connectivity index (χ3v) is 2.76. The Morgan fingerprint density at radius 3 is 2.44 bits per heavy atom. The van der Waals surface area contributed by atoms with Gasteiger partial charge in [-0.15, -0.1) is 0 Å². The number of hydrogen-bond acceptors (Lipinski definition) is 2. The fourth-order valence-corrected chi connectivity index (χ4v) is 1.69. The molecular weight excluding hydrogens is 198 g/mol. The third-order valence-electron chi connectivity index (χ3n) is 2.76. The van der Waals surface area contributed by atoms with Crippen molar-refractivity contribution in [2.45, 2.75) is 12.8 Å². The van der Waals surface area contributed by atoms with Crippen molar-refractivity contribution in [3.63, 3.8) is 0 Å². The molecule has 2 heteroatoms. The number of aldehydes is 1. The average molecular weight is 211 g/mol. The highest BCUT2D eigenvalue weighted by Crippen LogP contribution is 2.23. The fraction of sp³-hybridized carbons (Fsp3) is 0.143. The van der Waals surface area contributed by atoms with Gasteiger partial charge in [-0.3, -0.25) is 9.78 Å². The molecule has 1 atom stereocenters. The Bertz CT molecular complexity index is 462. The van der Waals surface area contributed by atoms with E-state index in [-0.39, 0.29) is 0 Å². The second kappa shape index (κ2) is 4.71. The van der Waals surface area contributed by atoms with Crippen molar-refractivity contribution < 1.29 is 4.79 Å². The van der Waals surface area contributed by atoms with Gasteiger partial charge in [-0.1, -0.05) is 37.3 Å². The van der Waals surface area contributed by atoms with E-state index in [1.54, 1.807) is 6.20 Å². The molecular formula is C14H13NO. The van der Waals surface area contributed by atoms with Crippen LogP contribution in [-0.4, -0.2) is 11.3 Å². The Labute approximate surface area is 95.0 Å². The first-order valence-corrected chi connectivity index (χ1v) is 5.26. The van der Waals surface area contributed by atoms with Gasteiger partial charge in [-0.05, 0) is 17.2 Å². The van der Waals surface area contributed by atoms with E-state index in [4.69, 9.17) is 0 Å². The average Bonchev–Trinajstić information content (AvgIpc) is 2.39. The highest BCUT2D eigenvalue weighted by atomic mass is 16.1. The molecule has 0 aliphatic carbocycles. The molecule has 0 saturated carbocycles. The zero-order chi connectivity index (χ0) is 11.4. The molecule has 0 saturated heterocycles. The van der Waals surface area contributed by atoms with Gasteiger partial charge in [0.05, 0.1) is 0 Å². The maximum absolute atomic E-state index is 10.5. The maximum atomic E-state index is 10.5. The molecule has 0 unspecified atom stereocenters. The van der Waals surface area contributed by atoms with E-state index in [1.807, 2.05) is 36.5 Å². The summed E-state index contributed by atoms with van der Waals surface area (Å²) in [7, 11) is 0. The lowest BCUT2D eigenvalue weighted by Crippen LogP contribution is -1.96. The highest BCUT2D eigenvalue weighted by Gasteiger charge is 2.07. The summed E-state index contributed by atoms with van der Waals surface area (Å²) in [5, 5.41) is 0. The molecule has 80 valence electrons. The summed E-state index contributed by atoms with van der Waals surface area (Å²) in [6, 6.07) is 11.7. The number of carbonyl (C=O) groups excluding carboxylic acids is 1. The van der Waals surface area contributed by atoms with Crippen LogP contribution in [0.1, 0.15) is 34.3 Å². The van der Waals surface area contributed by atoms with Crippen LogP contribution in [0.2, 0.25) is 0 Å². The van der Waals surface area contributed by atoms with Crippen LogP contribution in [0.15, 0.2) is 48.8 Å². The zero-order valence-electron chi connectivity index (χ0n) is 9.13. The normalized spacial score (nSPS) is 12.1. The summed E-state index contributed by atoms with van der Waals surface area (Å²) >= 11 is 0. The quantitative estimate of drug-likeness (QED) is 0.730. The summed E-state index contributed by atoms with van der Waals surface area (Å²) < 4.78 is 0. The first kappa shape index (κ1) is 10.6. The molecule has 0 amide bonds. The van der Waals surface area contributed by atoms with Gasteiger partial charge in [0.15, 0.2) is 0 Å². The Kier molecular flexibility index (Phi) is 3.10. The number of nitrogens with zero attached hydrogens (tertiary/aromatic N) is 1. The van der Waals surface area contributed by atoms with Crippen LogP contribution in [0.4, 0.5) is 0 Å². The van der Waals surface area contributed by atoms with Crippen LogP contribution in [0, 0.1) is 0 Å². The van der Waals surface area contributed by atoms with Gasteiger partial charge in [0.2, 0.25) is 0 Å². The minimum Gasteiger partial charge on any atom is -0.298 e. The summed E-state index contributed by atoms with van der Waals surface area (Å²) in [6.07, 6.45) is 4.50. The van der Waals surface area contributed by atoms with Gasteiger partial charge in [-0.2, -0.15) is 0 Å². The molecule has 16 heavy (non-hydrogen) atoms. The minimum absolute atomic E-state index is 0.300. The standard InChI is InChI=1S/C14H13NO/c1-11(14-3-2-8-15-9-14)13-6-4-12(10-16)5-7-13/h2-11H,1H3/t11-/m1/s1. The molecule has 2 aromatic rings. The zero-order valence-corrected chi connectivity index (χ0v) is 9.13. The molecule has 1 aromatic carbocycles. The van der Waals surface area contributed by atoms with Gasteiger partial charge in [0.25, 0.3) is 0 Å². The van der Waals surface area contributed by atoms with Crippen molar-refractivity contribution in [3.8, 4) is 0 Å². The first-order valence-electron chi connectivity index (χ1n) is 5.26. The summed E-state index contributed by atoms with van der Waals surface area (Å²) in [5.41, 5.74) is 3.09. The maximum Gasteiger partial charge on any atom is 0.150 e. The molecule has 0 bridgehead atoms. The van der Waals surface area contributed by atoms with Crippen molar-refractivity contribution in [2.75, 3.05) is 0 Å². The van der Waals surface area contributed by atoms with Crippen LogP contribution in [0.25, 0.3) is 0 Å². The number of hydrogen-bond donors (Lipinski definition) is 0. The Hall–Kier alpha value is -1.96. The van der Waals surface area contributed by atoms with E-state index in [0.717, 1.165) is 6.29 Å². The van der Waals surface area contributed by atoms with Crippen LogP contribution in [0.5, 0.6) is 0 Å². The fourth-order valence-electron chi connectivity index (χ4n) is 1.69. The van der Waals surface area contributed by atoms with Gasteiger partial charge in [0.1, 0.15) is 6.29 Å². The number of aromatic nitrogens is 1. The van der Waals surface area contributed by atoms with E-state index in [1.165, 1.54) is 11.1 Å². The number of carbonyl (C=O) groups is 1. The first-order chi connectivity index (χ1) is 7.81. The van der Waals surface area contributed by atoms with Gasteiger partial charge in [-0.25, -0.2) is 0 Å². The van der Waals surface area contributed by atoms with Crippen LogP contribution >= 0.6 is 0 Å². The molecule has 1 aromatic heterocycles. The van der Waals surface area contributed by atoms with Crippen LogP contribution < -0.4 is 0 Å². The molecule has 0 spiro atoms. The lowest BCUT2D eigenvalue weighted by molar-refractivity contribution is 0.112. The highest BCUT2D eigenvalue weighted by molar-refractivity contribution is 5.74. The van der Waals surface area contributed by atoms with E-state index < -0.39 is 0 Å². The van der Waals surface area contributed by atoms with Gasteiger partial charge in [0, 0.05) is 23.9 Å². The summed E-state index contributed by atoms with van der Waals surface area (Å²) in [6.45, 7) is 2.13. The predicted octanol–water partition coefficient (Wildman–Crippen LogP) is 3.05. The molecule has 0 aliphatic heterocycles. The lowest BCUT2D eigenvalue weighted by atomic mass is 9.94. The smallest absolute Gasteiger partial charge is 0.150 e. The summed E-state index contributed by atoms with van der Waals surface area (Å²) in [4.78, 5) is 14.7. The SMILES string of the molecule is C[C@H](c1ccc(C=O)cc1)c1cccnc1. The van der Waals surface area contributed by atoms with E-state index in [9.17, 15) is 4.79 Å². The van der Waals surface area contributed by atoms with Crippen molar-refractivity contribution in [3.05, 3.63) is 65.5 Å². The van der Waals surface area contributed by atoms with E-state index >= 15 is 0 Å². The minimum atomic E-state index is 0.300. The van der Waals surface area contributed by atoms with Crippen LogP contribution in [-0.2, 0) is 0 Å². The van der Waals surface area contributed by atoms with E-state index in [2.05, 4.69) is 18.0 Å². The number of rotatable bonds is 3. The monoisotopic (exact) mass is 211 g/mol. The van der Waals surface area contributed by atoms with E-state index in [0.29, 0.717) is 11.5 Å². The molecule has 0 N–H and O–H groups in total.